The monoisotopic (exact) mass is 271 g/mol. The molecule has 0 spiro atoms. The van der Waals surface area contributed by atoms with Crippen LogP contribution in [0.3, 0.4) is 0 Å². The van der Waals surface area contributed by atoms with Crippen LogP contribution in [-0.2, 0) is 14.9 Å². The lowest BCUT2D eigenvalue weighted by molar-refractivity contribution is 0.0532. The zero-order valence-electron chi connectivity index (χ0n) is 10.5. The van der Waals surface area contributed by atoms with Crippen molar-refractivity contribution in [2.45, 2.75) is 24.8 Å². The van der Waals surface area contributed by atoms with Crippen LogP contribution in [-0.4, -0.2) is 38.8 Å². The molecule has 5 nitrogen and oxygen atoms in total. The van der Waals surface area contributed by atoms with Gasteiger partial charge in [0, 0.05) is 18.8 Å². The van der Waals surface area contributed by atoms with Crippen LogP contribution in [0.2, 0.25) is 0 Å². The quantitative estimate of drug-likeness (QED) is 0.825. The van der Waals surface area contributed by atoms with Gasteiger partial charge in [-0.1, -0.05) is 6.07 Å². The molecule has 1 saturated heterocycles. The molecule has 1 aromatic carbocycles. The average molecular weight is 271 g/mol. The second-order valence-corrected chi connectivity index (χ2v) is 5.97. The van der Waals surface area contributed by atoms with Gasteiger partial charge in [-0.2, -0.15) is 8.42 Å². The summed E-state index contributed by atoms with van der Waals surface area (Å²) < 4.78 is 36.9. The summed E-state index contributed by atoms with van der Waals surface area (Å²) in [6.07, 6.45) is 0.118. The molecular formula is C12H17NO4S. The number of aryl methyl sites for hydroxylation is 1. The number of hydrogen-bond donors (Lipinski definition) is 1. The first-order valence-electron chi connectivity index (χ1n) is 5.82. The summed E-state index contributed by atoms with van der Waals surface area (Å²) in [4.78, 5) is 2.01. The van der Waals surface area contributed by atoms with E-state index in [0.29, 0.717) is 6.61 Å². The van der Waals surface area contributed by atoms with Crippen molar-refractivity contribution in [2.75, 3.05) is 24.6 Å². The Morgan fingerprint density at radius 1 is 1.44 bits per heavy atom. The molecule has 0 saturated carbocycles. The fourth-order valence-electron chi connectivity index (χ4n) is 2.13. The van der Waals surface area contributed by atoms with E-state index >= 15 is 0 Å². The van der Waals surface area contributed by atoms with Crippen LogP contribution in [0.1, 0.15) is 12.5 Å². The van der Waals surface area contributed by atoms with Gasteiger partial charge in [0.15, 0.2) is 0 Å². The highest BCUT2D eigenvalue weighted by atomic mass is 32.2. The molecule has 2 rings (SSSR count). The van der Waals surface area contributed by atoms with Crippen molar-refractivity contribution in [3.63, 3.8) is 0 Å². The van der Waals surface area contributed by atoms with Gasteiger partial charge in [-0.15, -0.1) is 0 Å². The van der Waals surface area contributed by atoms with Crippen LogP contribution in [0.5, 0.6) is 0 Å². The average Bonchev–Trinajstić information content (AvgIpc) is 2.28. The van der Waals surface area contributed by atoms with Gasteiger partial charge in [-0.3, -0.25) is 4.55 Å². The molecule has 0 radical (unpaired) electrons. The highest BCUT2D eigenvalue weighted by molar-refractivity contribution is 7.85. The van der Waals surface area contributed by atoms with Gasteiger partial charge in [-0.25, -0.2) is 0 Å². The normalized spacial score (nSPS) is 21.1. The summed E-state index contributed by atoms with van der Waals surface area (Å²) in [6, 6.07) is 4.64. The molecular weight excluding hydrogens is 254 g/mol. The molecule has 1 heterocycles. The van der Waals surface area contributed by atoms with E-state index < -0.39 is 10.1 Å². The van der Waals surface area contributed by atoms with Gasteiger partial charge < -0.3 is 9.64 Å². The summed E-state index contributed by atoms with van der Waals surface area (Å²) in [5, 5.41) is 0. The Labute approximate surface area is 107 Å². The first-order chi connectivity index (χ1) is 8.38. The second-order valence-electron chi connectivity index (χ2n) is 4.55. The number of anilines is 1. The van der Waals surface area contributed by atoms with Crippen LogP contribution in [0.4, 0.5) is 5.69 Å². The molecule has 1 aliphatic rings. The third-order valence-electron chi connectivity index (χ3n) is 3.06. The van der Waals surface area contributed by atoms with Crippen LogP contribution in [0.25, 0.3) is 0 Å². The Balaban J connectivity index is 2.37. The van der Waals surface area contributed by atoms with Gasteiger partial charge >= 0.3 is 0 Å². The summed E-state index contributed by atoms with van der Waals surface area (Å²) in [5.74, 6) is 0. The summed E-state index contributed by atoms with van der Waals surface area (Å²) >= 11 is 0. The molecule has 1 unspecified atom stereocenters. The van der Waals surface area contributed by atoms with Crippen molar-refractivity contribution in [1.29, 1.82) is 0 Å². The van der Waals surface area contributed by atoms with Crippen molar-refractivity contribution in [3.8, 4) is 0 Å². The highest BCUT2D eigenvalue weighted by Crippen LogP contribution is 2.25. The molecule has 0 amide bonds. The standard InChI is InChI=1S/C12H17NO4S/c1-9-3-4-11(18(14,15)16)7-12(9)13-5-6-17-10(2)8-13/h3-4,7,10H,5-6,8H2,1-2H3,(H,14,15,16). The molecule has 100 valence electrons. The van der Waals surface area contributed by atoms with Crippen molar-refractivity contribution in [1.82, 2.24) is 0 Å². The first kappa shape index (κ1) is 13.3. The first-order valence-corrected chi connectivity index (χ1v) is 7.26. The predicted molar refractivity (Wildman–Crippen MR) is 68.6 cm³/mol. The van der Waals surface area contributed by atoms with E-state index in [4.69, 9.17) is 9.29 Å². The zero-order chi connectivity index (χ0) is 13.3. The Bertz CT molecular complexity index is 541. The number of hydrogen-bond acceptors (Lipinski definition) is 4. The number of rotatable bonds is 2. The molecule has 1 fully saturated rings. The van der Waals surface area contributed by atoms with Gasteiger partial charge in [-0.05, 0) is 31.5 Å². The van der Waals surface area contributed by atoms with Crippen LogP contribution < -0.4 is 4.90 Å². The van der Waals surface area contributed by atoms with Crippen LogP contribution >= 0.6 is 0 Å². The summed E-state index contributed by atoms with van der Waals surface area (Å²) in [7, 11) is -4.15. The van der Waals surface area contributed by atoms with E-state index in [9.17, 15) is 8.42 Å². The zero-order valence-corrected chi connectivity index (χ0v) is 11.3. The Kier molecular flexibility index (Phi) is 3.61. The molecule has 1 aliphatic heterocycles. The van der Waals surface area contributed by atoms with Crippen molar-refractivity contribution >= 4 is 15.8 Å². The van der Waals surface area contributed by atoms with Crippen molar-refractivity contribution < 1.29 is 17.7 Å². The maximum absolute atomic E-state index is 11.2. The summed E-state index contributed by atoms with van der Waals surface area (Å²) in [5.41, 5.74) is 1.82. The molecule has 1 N–H and O–H groups in total. The number of benzene rings is 1. The van der Waals surface area contributed by atoms with Gasteiger partial charge in [0.05, 0.1) is 17.6 Å². The molecule has 1 atom stereocenters. The highest BCUT2D eigenvalue weighted by Gasteiger charge is 2.20. The predicted octanol–water partition coefficient (Wildman–Crippen LogP) is 1.47. The van der Waals surface area contributed by atoms with Gasteiger partial charge in [0.1, 0.15) is 0 Å². The number of morpholine rings is 1. The molecule has 0 aliphatic carbocycles. The van der Waals surface area contributed by atoms with Crippen LogP contribution in [0.15, 0.2) is 23.1 Å². The molecule has 0 bridgehead atoms. The molecule has 1 aromatic rings. The second kappa shape index (κ2) is 4.87. The Morgan fingerprint density at radius 3 is 2.78 bits per heavy atom. The van der Waals surface area contributed by atoms with E-state index in [1.807, 2.05) is 13.8 Å². The molecule has 18 heavy (non-hydrogen) atoms. The lowest BCUT2D eigenvalue weighted by Crippen LogP contribution is -2.41. The van der Waals surface area contributed by atoms with E-state index in [1.165, 1.54) is 12.1 Å². The van der Waals surface area contributed by atoms with E-state index in [0.717, 1.165) is 24.3 Å². The van der Waals surface area contributed by atoms with E-state index in [-0.39, 0.29) is 11.0 Å². The number of ether oxygens (including phenoxy) is 1. The summed E-state index contributed by atoms with van der Waals surface area (Å²) in [6.45, 7) is 5.96. The molecule has 6 heteroatoms. The third kappa shape index (κ3) is 2.82. The van der Waals surface area contributed by atoms with Crippen molar-refractivity contribution in [2.24, 2.45) is 0 Å². The van der Waals surface area contributed by atoms with Gasteiger partial charge in [0.2, 0.25) is 0 Å². The fourth-order valence-corrected chi connectivity index (χ4v) is 2.63. The van der Waals surface area contributed by atoms with Crippen LogP contribution in [0, 0.1) is 6.92 Å². The largest absolute Gasteiger partial charge is 0.375 e. The smallest absolute Gasteiger partial charge is 0.294 e. The Hall–Kier alpha value is -1.11. The Morgan fingerprint density at radius 2 is 2.17 bits per heavy atom. The topological polar surface area (TPSA) is 66.8 Å². The minimum Gasteiger partial charge on any atom is -0.375 e. The fraction of sp³-hybridized carbons (Fsp3) is 0.500. The van der Waals surface area contributed by atoms with E-state index in [2.05, 4.69) is 4.90 Å². The third-order valence-corrected chi connectivity index (χ3v) is 3.91. The maximum atomic E-state index is 11.2. The molecule has 0 aromatic heterocycles. The minimum absolute atomic E-state index is 0.0674. The van der Waals surface area contributed by atoms with Gasteiger partial charge in [0.25, 0.3) is 10.1 Å². The van der Waals surface area contributed by atoms with Crippen molar-refractivity contribution in [3.05, 3.63) is 23.8 Å². The van der Waals surface area contributed by atoms with E-state index in [1.54, 1.807) is 6.07 Å². The minimum atomic E-state index is -4.15. The SMILES string of the molecule is Cc1ccc(S(=O)(=O)O)cc1N1CCOC(C)C1. The number of nitrogens with zero attached hydrogens (tertiary/aromatic N) is 1. The lowest BCUT2D eigenvalue weighted by Gasteiger charge is -2.34. The lowest BCUT2D eigenvalue weighted by atomic mass is 10.1. The maximum Gasteiger partial charge on any atom is 0.294 e.